The first-order chi connectivity index (χ1) is 9.61. The van der Waals surface area contributed by atoms with E-state index < -0.39 is 0 Å². The summed E-state index contributed by atoms with van der Waals surface area (Å²) in [4.78, 5) is 3.96. The van der Waals surface area contributed by atoms with Crippen LogP contribution >= 0.6 is 38.5 Å². The van der Waals surface area contributed by atoms with E-state index in [0.29, 0.717) is 0 Å². The lowest BCUT2D eigenvalue weighted by Crippen LogP contribution is -2.24. The number of halogens is 3. The molecule has 1 aromatic heterocycles. The molecule has 5 heteroatoms. The smallest absolute Gasteiger partial charge is 0.141 e. The Morgan fingerprint density at radius 1 is 1.35 bits per heavy atom. The Labute approximate surface area is 140 Å². The molecular weight excluding hydrogens is 434 g/mol. The van der Waals surface area contributed by atoms with E-state index in [1.807, 2.05) is 12.1 Å². The molecule has 0 saturated carbocycles. The van der Waals surface area contributed by atoms with Crippen molar-refractivity contribution < 1.29 is 4.39 Å². The van der Waals surface area contributed by atoms with Crippen LogP contribution in [0.1, 0.15) is 30.5 Å². The molecule has 0 aliphatic carbocycles. The van der Waals surface area contributed by atoms with Gasteiger partial charge < -0.3 is 5.32 Å². The zero-order valence-corrected chi connectivity index (χ0v) is 14.8. The van der Waals surface area contributed by atoms with Crippen molar-refractivity contribution in [2.24, 2.45) is 0 Å². The topological polar surface area (TPSA) is 24.9 Å². The van der Waals surface area contributed by atoms with E-state index in [1.165, 1.54) is 12.3 Å². The number of rotatable bonds is 5. The average Bonchev–Trinajstić information content (AvgIpc) is 2.43. The van der Waals surface area contributed by atoms with Gasteiger partial charge >= 0.3 is 0 Å². The fraction of sp³-hybridized carbons (Fsp3) is 0.267. The summed E-state index contributed by atoms with van der Waals surface area (Å²) >= 11 is 5.86. The molecule has 2 aromatic rings. The molecule has 0 aliphatic rings. The number of nitrogens with one attached hydrogen (secondary N) is 1. The lowest BCUT2D eigenvalue weighted by molar-refractivity contribution is 0.579. The van der Waals surface area contributed by atoms with Crippen molar-refractivity contribution >= 4 is 38.5 Å². The van der Waals surface area contributed by atoms with Crippen LogP contribution in [0.2, 0.25) is 0 Å². The number of hydrogen-bond donors (Lipinski definition) is 1. The van der Waals surface area contributed by atoms with Crippen molar-refractivity contribution in [3.05, 3.63) is 61.6 Å². The molecule has 0 spiro atoms. The van der Waals surface area contributed by atoms with Crippen LogP contribution in [0.25, 0.3) is 0 Å². The summed E-state index contributed by atoms with van der Waals surface area (Å²) in [5.41, 5.74) is 1.93. The molecule has 1 heterocycles. The van der Waals surface area contributed by atoms with Crippen LogP contribution in [0, 0.1) is 9.39 Å². The Hall–Kier alpha value is -0.530. The minimum absolute atomic E-state index is 0.0674. The Balaban J connectivity index is 2.44. The Morgan fingerprint density at radius 2 is 2.15 bits per heavy atom. The molecule has 2 nitrogen and oxygen atoms in total. The van der Waals surface area contributed by atoms with Gasteiger partial charge in [-0.05, 0) is 70.9 Å². The third kappa shape index (κ3) is 3.99. The summed E-state index contributed by atoms with van der Waals surface area (Å²) in [6.45, 7) is 2.97. The van der Waals surface area contributed by atoms with E-state index in [2.05, 4.69) is 61.8 Å². The van der Waals surface area contributed by atoms with E-state index in [0.717, 1.165) is 32.1 Å². The van der Waals surface area contributed by atoms with Gasteiger partial charge in [-0.15, -0.1) is 0 Å². The highest BCUT2D eigenvalue weighted by atomic mass is 127. The SMILES string of the molecule is CCCNC(c1cncc(F)c1)c1cc(I)ccc1Br. The molecule has 1 atom stereocenters. The Morgan fingerprint density at radius 3 is 2.85 bits per heavy atom. The second-order valence-electron chi connectivity index (χ2n) is 4.49. The molecule has 1 aromatic carbocycles. The molecule has 2 rings (SSSR count). The van der Waals surface area contributed by atoms with Gasteiger partial charge in [0, 0.05) is 14.2 Å². The second kappa shape index (κ2) is 7.47. The maximum atomic E-state index is 13.4. The van der Waals surface area contributed by atoms with Crippen LogP contribution in [0.15, 0.2) is 41.1 Å². The molecule has 0 aliphatic heterocycles. The molecule has 1 N–H and O–H groups in total. The molecule has 0 radical (unpaired) electrons. The first-order valence-corrected chi connectivity index (χ1v) is 8.27. The zero-order valence-electron chi connectivity index (χ0n) is 11.0. The summed E-state index contributed by atoms with van der Waals surface area (Å²) < 4.78 is 15.6. The predicted molar refractivity (Wildman–Crippen MR) is 91.2 cm³/mol. The first kappa shape index (κ1) is 15.9. The summed E-state index contributed by atoms with van der Waals surface area (Å²) in [7, 11) is 0. The van der Waals surface area contributed by atoms with Crippen LogP contribution in [0.3, 0.4) is 0 Å². The Kier molecular flexibility index (Phi) is 5.92. The van der Waals surface area contributed by atoms with Crippen molar-refractivity contribution in [2.75, 3.05) is 6.54 Å². The maximum Gasteiger partial charge on any atom is 0.141 e. The number of pyridine rings is 1. The van der Waals surface area contributed by atoms with Crippen LogP contribution in [-0.4, -0.2) is 11.5 Å². The van der Waals surface area contributed by atoms with Gasteiger partial charge in [0.05, 0.1) is 12.2 Å². The molecule has 0 bridgehead atoms. The van der Waals surface area contributed by atoms with Crippen molar-refractivity contribution in [1.82, 2.24) is 10.3 Å². The van der Waals surface area contributed by atoms with Gasteiger partial charge in [0.15, 0.2) is 0 Å². The number of hydrogen-bond acceptors (Lipinski definition) is 2. The van der Waals surface area contributed by atoms with Gasteiger partial charge in [-0.2, -0.15) is 0 Å². The first-order valence-electron chi connectivity index (χ1n) is 6.40. The third-order valence-corrected chi connectivity index (χ3v) is 4.32. The summed E-state index contributed by atoms with van der Waals surface area (Å²) in [6, 6.07) is 7.62. The minimum atomic E-state index is -0.312. The monoisotopic (exact) mass is 448 g/mol. The minimum Gasteiger partial charge on any atom is -0.306 e. The molecular formula is C15H15BrFIN2. The van der Waals surface area contributed by atoms with E-state index in [9.17, 15) is 4.39 Å². The van der Waals surface area contributed by atoms with Gasteiger partial charge in [0.2, 0.25) is 0 Å². The molecule has 0 fully saturated rings. The number of benzene rings is 1. The maximum absolute atomic E-state index is 13.4. The van der Waals surface area contributed by atoms with Crippen LogP contribution in [0.5, 0.6) is 0 Å². The van der Waals surface area contributed by atoms with Gasteiger partial charge in [0.25, 0.3) is 0 Å². The van der Waals surface area contributed by atoms with Crippen LogP contribution in [0.4, 0.5) is 4.39 Å². The molecule has 1 unspecified atom stereocenters. The van der Waals surface area contributed by atoms with E-state index >= 15 is 0 Å². The molecule has 0 amide bonds. The molecule has 106 valence electrons. The highest BCUT2D eigenvalue weighted by Crippen LogP contribution is 2.30. The number of aromatic nitrogens is 1. The lowest BCUT2D eigenvalue weighted by Gasteiger charge is -2.21. The quantitative estimate of drug-likeness (QED) is 0.672. The van der Waals surface area contributed by atoms with Gasteiger partial charge in [0.1, 0.15) is 5.82 Å². The van der Waals surface area contributed by atoms with Crippen molar-refractivity contribution in [3.8, 4) is 0 Å². The van der Waals surface area contributed by atoms with Crippen molar-refractivity contribution in [1.29, 1.82) is 0 Å². The summed E-state index contributed by atoms with van der Waals surface area (Å²) in [6.07, 6.45) is 3.95. The van der Waals surface area contributed by atoms with E-state index in [-0.39, 0.29) is 11.9 Å². The van der Waals surface area contributed by atoms with Crippen molar-refractivity contribution in [3.63, 3.8) is 0 Å². The Bertz CT molecular complexity index is 592. The zero-order chi connectivity index (χ0) is 14.5. The van der Waals surface area contributed by atoms with E-state index in [4.69, 9.17) is 0 Å². The average molecular weight is 449 g/mol. The predicted octanol–water partition coefficient (Wildman–Crippen LogP) is 4.68. The van der Waals surface area contributed by atoms with Gasteiger partial charge in [-0.25, -0.2) is 4.39 Å². The lowest BCUT2D eigenvalue weighted by atomic mass is 10.00. The van der Waals surface area contributed by atoms with Crippen LogP contribution in [-0.2, 0) is 0 Å². The van der Waals surface area contributed by atoms with Gasteiger partial charge in [-0.3, -0.25) is 4.98 Å². The normalized spacial score (nSPS) is 12.4. The molecule has 20 heavy (non-hydrogen) atoms. The highest BCUT2D eigenvalue weighted by Gasteiger charge is 2.17. The van der Waals surface area contributed by atoms with Crippen LogP contribution < -0.4 is 5.32 Å². The molecule has 0 saturated heterocycles. The largest absolute Gasteiger partial charge is 0.306 e. The fourth-order valence-corrected chi connectivity index (χ4v) is 3.01. The van der Waals surface area contributed by atoms with Gasteiger partial charge in [-0.1, -0.05) is 22.9 Å². The number of nitrogens with zero attached hydrogens (tertiary/aromatic N) is 1. The standard InChI is InChI=1S/C15H15BrFIN2/c1-2-5-20-15(10-6-11(17)9-19-8-10)13-7-12(18)3-4-14(13)16/h3-4,6-9,15,20H,2,5H2,1H3. The van der Waals surface area contributed by atoms with E-state index in [1.54, 1.807) is 6.20 Å². The third-order valence-electron chi connectivity index (χ3n) is 2.93. The highest BCUT2D eigenvalue weighted by molar-refractivity contribution is 14.1. The summed E-state index contributed by atoms with van der Waals surface area (Å²) in [5.74, 6) is -0.312. The summed E-state index contributed by atoms with van der Waals surface area (Å²) in [5, 5.41) is 3.46. The fourth-order valence-electron chi connectivity index (χ4n) is 2.02. The second-order valence-corrected chi connectivity index (χ2v) is 6.59. The van der Waals surface area contributed by atoms with Crippen molar-refractivity contribution in [2.45, 2.75) is 19.4 Å².